The molecule has 1 aromatic heterocycles. The molecule has 4 saturated carbocycles. The molecule has 7 rings (SSSR count). The molecule has 1 aliphatic heterocycles. The molecule has 2 heterocycles. The third-order valence-electron chi connectivity index (χ3n) is 9.77. The summed E-state index contributed by atoms with van der Waals surface area (Å²) in [6, 6.07) is 4.58. The minimum atomic E-state index is -0.748. The van der Waals surface area contributed by atoms with Crippen LogP contribution in [-0.4, -0.2) is 38.9 Å². The molecular weight excluding hydrogens is 494 g/mol. The van der Waals surface area contributed by atoms with Crippen molar-refractivity contribution in [3.63, 3.8) is 0 Å². The highest BCUT2D eigenvalue weighted by atomic mass is 16.2. The molecule has 1 unspecified atom stereocenters. The Kier molecular flexibility index (Phi) is 7.12. The number of benzene rings is 1. The normalized spacial score (nSPS) is 29.7. The summed E-state index contributed by atoms with van der Waals surface area (Å²) in [6.45, 7) is 1.08. The maximum Gasteiger partial charge on any atom is 0.329 e. The molecule has 1 saturated heterocycles. The second kappa shape index (κ2) is 10.6. The van der Waals surface area contributed by atoms with E-state index < -0.39 is 11.9 Å². The monoisotopic (exact) mass is 535 g/mol. The predicted molar refractivity (Wildman–Crippen MR) is 149 cm³/mol. The summed E-state index contributed by atoms with van der Waals surface area (Å²) in [5, 5.41) is 9.28. The lowest BCUT2D eigenvalue weighted by Crippen LogP contribution is -2.58. The van der Waals surface area contributed by atoms with Crippen LogP contribution in [0.4, 0.5) is 5.69 Å². The highest BCUT2D eigenvalue weighted by Crippen LogP contribution is 2.55. The van der Waals surface area contributed by atoms with Crippen molar-refractivity contribution in [1.82, 2.24) is 19.8 Å². The Bertz CT molecular complexity index is 1310. The smallest absolute Gasteiger partial charge is 0.324 e. The molecule has 1 atom stereocenters. The first-order valence-electron chi connectivity index (χ1n) is 14.9. The van der Waals surface area contributed by atoms with E-state index in [1.165, 1.54) is 47.7 Å². The minimum absolute atomic E-state index is 0.0737. The lowest BCUT2D eigenvalue weighted by molar-refractivity contribution is -0.135. The zero-order valence-electron chi connectivity index (χ0n) is 23.0. The number of imide groups is 1. The number of aromatic nitrogens is 2. The van der Waals surface area contributed by atoms with Gasteiger partial charge in [0.1, 0.15) is 6.04 Å². The molecule has 4 aliphatic carbocycles. The minimum Gasteiger partial charge on any atom is -0.324 e. The molecule has 9 heteroatoms. The first kappa shape index (κ1) is 26.3. The van der Waals surface area contributed by atoms with Gasteiger partial charge in [0.2, 0.25) is 17.7 Å². The number of carbonyl (C=O) groups excluding carboxylic acids is 3. The number of hydrogen-bond acceptors (Lipinski definition) is 5. The van der Waals surface area contributed by atoms with Crippen LogP contribution in [0.25, 0.3) is 11.0 Å². The van der Waals surface area contributed by atoms with E-state index in [2.05, 4.69) is 16.0 Å². The van der Waals surface area contributed by atoms with Crippen LogP contribution in [-0.2, 0) is 21.4 Å². The molecule has 3 N–H and O–H groups in total. The Morgan fingerprint density at radius 1 is 1.00 bits per heavy atom. The number of imidazole rings is 1. The van der Waals surface area contributed by atoms with Crippen LogP contribution in [0.3, 0.4) is 0 Å². The summed E-state index contributed by atoms with van der Waals surface area (Å²) in [6.07, 6.45) is 13.6. The first-order valence-corrected chi connectivity index (χ1v) is 14.9. The van der Waals surface area contributed by atoms with Gasteiger partial charge >= 0.3 is 5.69 Å². The van der Waals surface area contributed by atoms with Crippen LogP contribution in [0.5, 0.6) is 0 Å². The number of para-hydroxylation sites is 1. The summed E-state index contributed by atoms with van der Waals surface area (Å²) in [7, 11) is 1.64. The number of unbranched alkanes of at least 4 members (excludes halogenated alkanes) is 3. The summed E-state index contributed by atoms with van der Waals surface area (Å²) in [4.78, 5) is 49.9. The van der Waals surface area contributed by atoms with E-state index in [-0.39, 0.29) is 30.3 Å². The number of nitrogens with one attached hydrogen (secondary N) is 3. The zero-order valence-corrected chi connectivity index (χ0v) is 23.0. The molecule has 9 nitrogen and oxygen atoms in total. The quantitative estimate of drug-likeness (QED) is 0.317. The molecule has 1 aromatic carbocycles. The van der Waals surface area contributed by atoms with Gasteiger partial charge in [-0.15, -0.1) is 0 Å². The van der Waals surface area contributed by atoms with Crippen LogP contribution in [0, 0.1) is 17.8 Å². The first-order chi connectivity index (χ1) is 18.8. The van der Waals surface area contributed by atoms with Crippen LogP contribution in [0.2, 0.25) is 0 Å². The van der Waals surface area contributed by atoms with E-state index in [9.17, 15) is 19.2 Å². The van der Waals surface area contributed by atoms with Crippen molar-refractivity contribution in [2.75, 3.05) is 11.9 Å². The van der Waals surface area contributed by atoms with E-state index in [1.54, 1.807) is 25.2 Å². The Labute approximate surface area is 229 Å². The molecule has 0 radical (unpaired) electrons. The van der Waals surface area contributed by atoms with Gasteiger partial charge in [-0.3, -0.25) is 28.8 Å². The van der Waals surface area contributed by atoms with Crippen LogP contribution in [0.15, 0.2) is 23.0 Å². The van der Waals surface area contributed by atoms with Crippen molar-refractivity contribution < 1.29 is 14.4 Å². The zero-order chi connectivity index (χ0) is 27.1. The molecule has 0 spiro atoms. The maximum atomic E-state index is 13.1. The highest BCUT2D eigenvalue weighted by Gasteiger charge is 2.50. The van der Waals surface area contributed by atoms with E-state index in [4.69, 9.17) is 0 Å². The highest BCUT2D eigenvalue weighted by molar-refractivity contribution is 6.02. The number of fused-ring (bicyclic) bond motifs is 1. The van der Waals surface area contributed by atoms with Gasteiger partial charge in [-0.25, -0.2) is 4.79 Å². The SMILES string of the molecule is Cn1c(=O)n(C2CCC(=O)NC2=O)c2cccc(NC(=O)CCCCCCNC34CC5CC(CC(C5)C3)C4)c21. The van der Waals surface area contributed by atoms with Crippen LogP contribution in [0.1, 0.15) is 89.5 Å². The van der Waals surface area contributed by atoms with Crippen molar-refractivity contribution in [2.24, 2.45) is 24.8 Å². The van der Waals surface area contributed by atoms with Crippen molar-refractivity contribution in [3.8, 4) is 0 Å². The topological polar surface area (TPSA) is 114 Å². The molecule has 5 fully saturated rings. The molecule has 5 aliphatic rings. The molecular formula is C30H41N5O4. The van der Waals surface area contributed by atoms with Crippen molar-refractivity contribution in [1.29, 1.82) is 0 Å². The van der Waals surface area contributed by atoms with Crippen molar-refractivity contribution in [3.05, 3.63) is 28.7 Å². The van der Waals surface area contributed by atoms with E-state index >= 15 is 0 Å². The second-order valence-electron chi connectivity index (χ2n) is 12.7. The summed E-state index contributed by atoms with van der Waals surface area (Å²) in [5.74, 6) is 2.03. The van der Waals surface area contributed by atoms with Crippen LogP contribution >= 0.6 is 0 Å². The molecule has 2 aromatic rings. The van der Waals surface area contributed by atoms with Gasteiger partial charge in [-0.05, 0) is 94.2 Å². The average molecular weight is 536 g/mol. The van der Waals surface area contributed by atoms with Gasteiger partial charge in [0.25, 0.3) is 0 Å². The van der Waals surface area contributed by atoms with Gasteiger partial charge in [-0.2, -0.15) is 0 Å². The third kappa shape index (κ3) is 5.17. The van der Waals surface area contributed by atoms with Gasteiger partial charge in [0.05, 0.1) is 16.7 Å². The van der Waals surface area contributed by atoms with Gasteiger partial charge < -0.3 is 10.6 Å². The van der Waals surface area contributed by atoms with Crippen LogP contribution < -0.4 is 21.6 Å². The summed E-state index contributed by atoms with van der Waals surface area (Å²) >= 11 is 0. The molecule has 39 heavy (non-hydrogen) atoms. The van der Waals surface area contributed by atoms with Gasteiger partial charge in [0, 0.05) is 25.4 Å². The number of amides is 3. The fraction of sp³-hybridized carbons (Fsp3) is 0.667. The second-order valence-corrected chi connectivity index (χ2v) is 12.7. The Morgan fingerprint density at radius 2 is 1.69 bits per heavy atom. The van der Waals surface area contributed by atoms with E-state index in [0.717, 1.165) is 50.0 Å². The lowest BCUT2D eigenvalue weighted by Gasteiger charge is -2.57. The predicted octanol–water partition coefficient (Wildman–Crippen LogP) is 3.77. The Hall–Kier alpha value is -2.94. The van der Waals surface area contributed by atoms with E-state index in [1.807, 2.05) is 0 Å². The number of anilines is 1. The number of nitrogens with zero attached hydrogens (tertiary/aromatic N) is 2. The van der Waals surface area contributed by atoms with Gasteiger partial charge in [-0.1, -0.05) is 18.9 Å². The molecule has 210 valence electrons. The third-order valence-corrected chi connectivity index (χ3v) is 9.77. The maximum absolute atomic E-state index is 13.1. The number of aryl methyl sites for hydroxylation is 1. The Balaban J connectivity index is 0.987. The Morgan fingerprint density at radius 3 is 2.38 bits per heavy atom. The summed E-state index contributed by atoms with van der Waals surface area (Å²) in [5.41, 5.74) is 1.79. The van der Waals surface area contributed by atoms with Crippen molar-refractivity contribution >= 4 is 34.4 Å². The van der Waals surface area contributed by atoms with Gasteiger partial charge in [0.15, 0.2) is 0 Å². The number of carbonyl (C=O) groups is 3. The molecule has 4 bridgehead atoms. The lowest BCUT2D eigenvalue weighted by atomic mass is 9.53. The average Bonchev–Trinajstić information content (AvgIpc) is 3.13. The fourth-order valence-electron chi connectivity index (χ4n) is 8.43. The largest absolute Gasteiger partial charge is 0.329 e. The number of rotatable bonds is 10. The number of piperidine rings is 1. The summed E-state index contributed by atoms with van der Waals surface area (Å²) < 4.78 is 2.90. The number of hydrogen-bond donors (Lipinski definition) is 3. The van der Waals surface area contributed by atoms with E-state index in [0.29, 0.717) is 28.7 Å². The fourth-order valence-corrected chi connectivity index (χ4v) is 8.43. The van der Waals surface area contributed by atoms with Crippen molar-refractivity contribution in [2.45, 2.75) is 95.1 Å². The standard InChI is InChI=1S/C30H41N5O4/c1-34-27-22(7-6-8-23(27)35(29(34)39)24-10-11-26(37)33-28(24)38)32-25(36)9-4-2-3-5-12-31-30-16-19-13-20(17-30)15-21(14-19)18-30/h6-8,19-21,24,31H,2-5,9-18H2,1H3,(H,32,36)(H,33,37,38). The molecule has 3 amide bonds.